The lowest BCUT2D eigenvalue weighted by Gasteiger charge is -2.15. The van der Waals surface area contributed by atoms with Crippen molar-refractivity contribution in [2.75, 3.05) is 18.6 Å². The molecule has 1 aliphatic carbocycles. The zero-order valence-corrected chi connectivity index (χ0v) is 20.9. The quantitative estimate of drug-likeness (QED) is 0.457. The maximum Gasteiger partial charge on any atom is 0.137 e. The Bertz CT molecular complexity index is 1300. The highest BCUT2D eigenvalue weighted by Gasteiger charge is 2.25. The van der Waals surface area contributed by atoms with Gasteiger partial charge in [-0.15, -0.1) is 11.3 Å². The molecule has 1 aliphatic rings. The van der Waals surface area contributed by atoms with E-state index in [1.165, 1.54) is 16.7 Å². The summed E-state index contributed by atoms with van der Waals surface area (Å²) in [5.41, 5.74) is 5.33. The van der Waals surface area contributed by atoms with Crippen molar-refractivity contribution in [1.82, 2.24) is 10.3 Å². The number of fused-ring (bicyclic) bond motifs is 1. The first-order valence-electron chi connectivity index (χ1n) is 11.1. The van der Waals surface area contributed by atoms with Crippen molar-refractivity contribution < 1.29 is 8.95 Å². The monoisotopic (exact) mass is 479 g/mol. The average Bonchev–Trinajstić information content (AvgIpc) is 3.40. The van der Waals surface area contributed by atoms with E-state index in [1.54, 1.807) is 17.6 Å². The predicted octanol–water partition coefficient (Wildman–Crippen LogP) is 5.06. The molecule has 3 aromatic rings. The second kappa shape index (κ2) is 9.68. The Morgan fingerprint density at radius 2 is 2.18 bits per heavy atom. The van der Waals surface area contributed by atoms with E-state index in [9.17, 15) is 9.47 Å². The van der Waals surface area contributed by atoms with E-state index in [1.807, 2.05) is 38.2 Å². The van der Waals surface area contributed by atoms with Gasteiger partial charge in [0.1, 0.15) is 16.8 Å². The number of nitriles is 1. The first-order chi connectivity index (χ1) is 15.7. The Labute approximate surface area is 200 Å². The van der Waals surface area contributed by atoms with Gasteiger partial charge in [0.15, 0.2) is 0 Å². The van der Waals surface area contributed by atoms with Crippen LogP contribution in [0.4, 0.5) is 0 Å². The van der Waals surface area contributed by atoms with Crippen molar-refractivity contribution in [3.8, 4) is 32.8 Å². The SMILES string of the molecule is C=S(C)(=O)CCN[C@@H]1CCc2c(-c3cnc(-c4ccc(OC(C)C)c(C#N)c4)s3)cccc21. The second-order valence-electron chi connectivity index (χ2n) is 8.83. The highest BCUT2D eigenvalue weighted by molar-refractivity contribution is 7.99. The molecule has 0 radical (unpaired) electrons. The Morgan fingerprint density at radius 3 is 2.91 bits per heavy atom. The topological polar surface area (TPSA) is 75.0 Å². The lowest BCUT2D eigenvalue weighted by Crippen LogP contribution is -2.25. The maximum atomic E-state index is 11.9. The van der Waals surface area contributed by atoms with Crippen LogP contribution in [-0.4, -0.2) is 39.7 Å². The lowest BCUT2D eigenvalue weighted by atomic mass is 10.0. The first-order valence-corrected chi connectivity index (χ1v) is 14.2. The Hall–Kier alpha value is -2.66. The molecule has 0 saturated heterocycles. The van der Waals surface area contributed by atoms with E-state index >= 15 is 0 Å². The molecule has 1 heterocycles. The van der Waals surface area contributed by atoms with Crippen LogP contribution in [0.2, 0.25) is 0 Å². The summed E-state index contributed by atoms with van der Waals surface area (Å²) in [6.45, 7) is 4.60. The fraction of sp³-hybridized carbons (Fsp3) is 0.346. The molecule has 0 spiro atoms. The highest BCUT2D eigenvalue weighted by atomic mass is 32.2. The molecule has 5 nitrogen and oxygen atoms in total. The van der Waals surface area contributed by atoms with Gasteiger partial charge < -0.3 is 10.1 Å². The summed E-state index contributed by atoms with van der Waals surface area (Å²) in [6, 6.07) is 14.6. The number of benzene rings is 2. The number of hydrogen-bond donors (Lipinski definition) is 1. The molecule has 1 N–H and O–H groups in total. The Morgan fingerprint density at radius 1 is 1.36 bits per heavy atom. The Balaban J connectivity index is 1.57. The number of thiazole rings is 1. The standard InChI is InChI=1S/C26H29N3O2S2/c1-17(2)31-24-11-8-18(14-19(24)15-27)26-29-16-25(32-26)22-7-5-6-21-20(22)9-10-23(21)28-12-13-33(3,4)30/h5-8,11,14,16-17,23,28H,3,9-10,12-13H2,1-2,4H3/t23-,33?/m1/s1. The lowest BCUT2D eigenvalue weighted by molar-refractivity contribution is 0.242. The number of hydrogen-bond acceptors (Lipinski definition) is 6. The molecular weight excluding hydrogens is 450 g/mol. The molecule has 0 aliphatic heterocycles. The molecule has 1 unspecified atom stereocenters. The van der Waals surface area contributed by atoms with Gasteiger partial charge in [0.2, 0.25) is 0 Å². The molecule has 2 aromatic carbocycles. The molecule has 0 amide bonds. The van der Waals surface area contributed by atoms with Crippen LogP contribution >= 0.6 is 11.3 Å². The van der Waals surface area contributed by atoms with Crippen LogP contribution in [0.5, 0.6) is 5.75 Å². The molecule has 0 fully saturated rings. The summed E-state index contributed by atoms with van der Waals surface area (Å²) in [5, 5.41) is 14.0. The van der Waals surface area contributed by atoms with Gasteiger partial charge in [-0.25, -0.2) is 4.98 Å². The van der Waals surface area contributed by atoms with Gasteiger partial charge in [-0.2, -0.15) is 5.26 Å². The molecule has 172 valence electrons. The minimum Gasteiger partial charge on any atom is -0.490 e. The normalized spacial score (nSPS) is 16.9. The van der Waals surface area contributed by atoms with Crippen LogP contribution in [0, 0.1) is 11.3 Å². The van der Waals surface area contributed by atoms with Crippen LogP contribution in [0.3, 0.4) is 0 Å². The smallest absolute Gasteiger partial charge is 0.137 e. The van der Waals surface area contributed by atoms with Crippen LogP contribution < -0.4 is 10.1 Å². The van der Waals surface area contributed by atoms with Gasteiger partial charge in [0.25, 0.3) is 0 Å². The van der Waals surface area contributed by atoms with Gasteiger partial charge in [-0.05, 0) is 77.0 Å². The molecular formula is C26H29N3O2S2. The number of ether oxygens (including phenoxy) is 1. The second-order valence-corrected chi connectivity index (χ2v) is 12.6. The third-order valence-corrected chi connectivity index (χ3v) is 7.82. The predicted molar refractivity (Wildman–Crippen MR) is 139 cm³/mol. The molecule has 1 aromatic heterocycles. The van der Waals surface area contributed by atoms with Crippen molar-refractivity contribution in [2.45, 2.75) is 38.8 Å². The van der Waals surface area contributed by atoms with Crippen LogP contribution in [0.15, 0.2) is 42.6 Å². The van der Waals surface area contributed by atoms with Gasteiger partial charge in [0, 0.05) is 36.4 Å². The van der Waals surface area contributed by atoms with Crippen molar-refractivity contribution in [1.29, 1.82) is 5.26 Å². The van der Waals surface area contributed by atoms with Gasteiger partial charge in [-0.1, -0.05) is 18.2 Å². The summed E-state index contributed by atoms with van der Waals surface area (Å²) < 4.78 is 17.6. The van der Waals surface area contributed by atoms with E-state index in [0.29, 0.717) is 23.6 Å². The fourth-order valence-electron chi connectivity index (χ4n) is 4.19. The maximum absolute atomic E-state index is 11.9. The molecule has 2 atom stereocenters. The van der Waals surface area contributed by atoms with Crippen molar-refractivity contribution >= 4 is 26.7 Å². The summed E-state index contributed by atoms with van der Waals surface area (Å²) >= 11 is 1.64. The van der Waals surface area contributed by atoms with E-state index in [2.05, 4.69) is 40.4 Å². The molecule has 0 bridgehead atoms. The largest absolute Gasteiger partial charge is 0.490 e. The number of nitrogens with zero attached hydrogens (tertiary/aromatic N) is 2. The first kappa shape index (κ1) is 23.5. The van der Waals surface area contributed by atoms with E-state index in [4.69, 9.17) is 4.74 Å². The molecule has 33 heavy (non-hydrogen) atoms. The fourth-order valence-corrected chi connectivity index (χ4v) is 5.70. The third-order valence-electron chi connectivity index (χ3n) is 5.68. The molecule has 0 saturated carbocycles. The van der Waals surface area contributed by atoms with Crippen molar-refractivity contribution in [2.24, 2.45) is 0 Å². The number of rotatable bonds is 8. The van der Waals surface area contributed by atoms with Crippen molar-refractivity contribution in [3.63, 3.8) is 0 Å². The van der Waals surface area contributed by atoms with Gasteiger partial charge >= 0.3 is 0 Å². The minimum atomic E-state index is -1.98. The van der Waals surface area contributed by atoms with Gasteiger partial charge in [-0.3, -0.25) is 4.21 Å². The van der Waals surface area contributed by atoms with E-state index < -0.39 is 9.52 Å². The third kappa shape index (κ3) is 5.47. The molecule has 4 rings (SSSR count). The number of nitrogens with one attached hydrogen (secondary N) is 1. The van der Waals surface area contributed by atoms with Crippen LogP contribution in [0.1, 0.15) is 43.0 Å². The zero-order chi connectivity index (χ0) is 23.6. The Kier molecular flexibility index (Phi) is 6.89. The van der Waals surface area contributed by atoms with Gasteiger partial charge in [0.05, 0.1) is 16.5 Å². The van der Waals surface area contributed by atoms with Crippen LogP contribution in [-0.2, 0) is 15.9 Å². The average molecular weight is 480 g/mol. The minimum absolute atomic E-state index is 0.0117. The zero-order valence-electron chi connectivity index (χ0n) is 19.3. The van der Waals surface area contributed by atoms with Crippen molar-refractivity contribution in [3.05, 3.63) is 59.3 Å². The summed E-state index contributed by atoms with van der Waals surface area (Å²) in [5.74, 6) is 4.93. The van der Waals surface area contributed by atoms with E-state index in [0.717, 1.165) is 28.3 Å². The summed E-state index contributed by atoms with van der Waals surface area (Å²) in [4.78, 5) is 5.79. The van der Waals surface area contributed by atoms with E-state index in [-0.39, 0.29) is 12.1 Å². The summed E-state index contributed by atoms with van der Waals surface area (Å²) in [6.07, 6.45) is 5.68. The number of aromatic nitrogens is 1. The van der Waals surface area contributed by atoms with Crippen LogP contribution in [0.25, 0.3) is 21.0 Å². The summed E-state index contributed by atoms with van der Waals surface area (Å²) in [7, 11) is -1.98. The molecule has 7 heteroatoms. The highest BCUT2D eigenvalue weighted by Crippen LogP contribution is 2.41.